The molecule has 0 aliphatic heterocycles. The van der Waals surface area contributed by atoms with Crippen LogP contribution < -0.4 is 10.1 Å². The molecular weight excluding hydrogens is 360 g/mol. The van der Waals surface area contributed by atoms with Crippen LogP contribution in [0.15, 0.2) is 53.2 Å². The Morgan fingerprint density at radius 3 is 2.82 bits per heavy atom. The number of fused-ring (bicyclic) bond motifs is 1. The van der Waals surface area contributed by atoms with E-state index in [9.17, 15) is 4.79 Å². The van der Waals surface area contributed by atoms with Crippen LogP contribution in [-0.2, 0) is 11.3 Å². The van der Waals surface area contributed by atoms with E-state index in [0.29, 0.717) is 28.9 Å². The SMILES string of the molecule is Cc1noc(-c2ccn3c(CNC(=O)[C@H](C)Oc4ccccc4)nnc3c2)n1. The van der Waals surface area contributed by atoms with E-state index < -0.39 is 6.10 Å². The summed E-state index contributed by atoms with van der Waals surface area (Å²) in [6, 6.07) is 12.8. The zero-order valence-electron chi connectivity index (χ0n) is 15.4. The minimum absolute atomic E-state index is 0.224. The maximum Gasteiger partial charge on any atom is 0.261 e. The van der Waals surface area contributed by atoms with Crippen LogP contribution in [0.2, 0.25) is 0 Å². The Labute approximate surface area is 160 Å². The van der Waals surface area contributed by atoms with Crippen LogP contribution in [0.25, 0.3) is 17.1 Å². The second-order valence-corrected chi connectivity index (χ2v) is 6.20. The van der Waals surface area contributed by atoms with Crippen molar-refractivity contribution in [3.63, 3.8) is 0 Å². The van der Waals surface area contributed by atoms with Crippen LogP contribution >= 0.6 is 0 Å². The van der Waals surface area contributed by atoms with Crippen molar-refractivity contribution in [1.82, 2.24) is 30.1 Å². The number of aromatic nitrogens is 5. The topological polar surface area (TPSA) is 107 Å². The quantitative estimate of drug-likeness (QED) is 0.548. The molecule has 1 N–H and O–H groups in total. The fourth-order valence-corrected chi connectivity index (χ4v) is 2.67. The summed E-state index contributed by atoms with van der Waals surface area (Å²) in [6.45, 7) is 3.68. The zero-order chi connectivity index (χ0) is 19.5. The molecule has 0 radical (unpaired) electrons. The van der Waals surface area contributed by atoms with Crippen molar-refractivity contribution in [1.29, 1.82) is 0 Å². The van der Waals surface area contributed by atoms with Gasteiger partial charge in [0, 0.05) is 11.8 Å². The molecule has 9 heteroatoms. The predicted molar refractivity (Wildman–Crippen MR) is 99.4 cm³/mol. The molecule has 3 heterocycles. The number of nitrogens with one attached hydrogen (secondary N) is 1. The molecule has 0 fully saturated rings. The number of ether oxygens (including phenoxy) is 1. The van der Waals surface area contributed by atoms with Crippen molar-refractivity contribution in [2.45, 2.75) is 26.5 Å². The standard InChI is InChI=1S/C19H18N6O3/c1-12(27-15-6-4-3-5-7-15)18(26)20-11-17-23-22-16-10-14(8-9-25(16)17)19-21-13(2)24-28-19/h3-10,12H,11H2,1-2H3,(H,20,26)/t12-/m0/s1. The Hall–Kier alpha value is -3.75. The first-order valence-electron chi connectivity index (χ1n) is 8.74. The Morgan fingerprint density at radius 1 is 1.25 bits per heavy atom. The molecule has 4 rings (SSSR count). The summed E-state index contributed by atoms with van der Waals surface area (Å²) in [5, 5.41) is 14.9. The molecule has 9 nitrogen and oxygen atoms in total. The highest BCUT2D eigenvalue weighted by molar-refractivity contribution is 5.80. The molecule has 4 aromatic rings. The van der Waals surface area contributed by atoms with Crippen molar-refractivity contribution in [3.8, 4) is 17.2 Å². The van der Waals surface area contributed by atoms with Gasteiger partial charge in [0.25, 0.3) is 11.8 Å². The highest BCUT2D eigenvalue weighted by atomic mass is 16.5. The molecule has 142 valence electrons. The second-order valence-electron chi connectivity index (χ2n) is 6.20. The van der Waals surface area contributed by atoms with E-state index in [-0.39, 0.29) is 12.5 Å². The third kappa shape index (κ3) is 3.68. The van der Waals surface area contributed by atoms with Gasteiger partial charge in [-0.15, -0.1) is 10.2 Å². The summed E-state index contributed by atoms with van der Waals surface area (Å²) < 4.78 is 12.6. The largest absolute Gasteiger partial charge is 0.481 e. The fraction of sp³-hybridized carbons (Fsp3) is 0.211. The lowest BCUT2D eigenvalue weighted by Gasteiger charge is -2.14. The first kappa shape index (κ1) is 17.7. The first-order valence-corrected chi connectivity index (χ1v) is 8.74. The smallest absolute Gasteiger partial charge is 0.261 e. The highest BCUT2D eigenvalue weighted by Gasteiger charge is 2.16. The predicted octanol–water partition coefficient (Wildman–Crippen LogP) is 2.17. The number of amides is 1. The summed E-state index contributed by atoms with van der Waals surface area (Å²) in [5.74, 6) is 1.99. The number of rotatable bonds is 6. The maximum absolute atomic E-state index is 12.3. The van der Waals surface area contributed by atoms with Gasteiger partial charge >= 0.3 is 0 Å². The molecule has 0 unspecified atom stereocenters. The van der Waals surface area contributed by atoms with E-state index >= 15 is 0 Å². The normalized spacial score (nSPS) is 12.1. The average molecular weight is 378 g/mol. The number of benzene rings is 1. The van der Waals surface area contributed by atoms with Crippen LogP contribution in [0.5, 0.6) is 5.75 Å². The Morgan fingerprint density at radius 2 is 2.07 bits per heavy atom. The minimum atomic E-state index is -0.631. The van der Waals surface area contributed by atoms with Gasteiger partial charge in [0.15, 0.2) is 23.4 Å². The molecule has 0 saturated heterocycles. The van der Waals surface area contributed by atoms with E-state index in [1.54, 1.807) is 42.6 Å². The summed E-state index contributed by atoms with van der Waals surface area (Å²) in [7, 11) is 0. The number of hydrogen-bond donors (Lipinski definition) is 1. The van der Waals surface area contributed by atoms with Crippen molar-refractivity contribution < 1.29 is 14.1 Å². The number of nitrogens with zero attached hydrogens (tertiary/aromatic N) is 5. The van der Waals surface area contributed by atoms with Crippen molar-refractivity contribution >= 4 is 11.6 Å². The molecular formula is C19H18N6O3. The Kier molecular flexibility index (Phi) is 4.71. The van der Waals surface area contributed by atoms with Gasteiger partial charge in [-0.1, -0.05) is 23.4 Å². The van der Waals surface area contributed by atoms with Crippen molar-refractivity contribution in [2.24, 2.45) is 0 Å². The van der Waals surface area contributed by atoms with Crippen LogP contribution in [0.4, 0.5) is 0 Å². The number of aryl methyl sites for hydroxylation is 1. The van der Waals surface area contributed by atoms with Crippen LogP contribution in [0.3, 0.4) is 0 Å². The summed E-state index contributed by atoms with van der Waals surface area (Å²) in [5.41, 5.74) is 1.37. The lowest BCUT2D eigenvalue weighted by molar-refractivity contribution is -0.127. The molecule has 1 amide bonds. The van der Waals surface area contributed by atoms with Gasteiger partial charge in [-0.3, -0.25) is 9.20 Å². The lowest BCUT2D eigenvalue weighted by atomic mass is 10.2. The van der Waals surface area contributed by atoms with Crippen LogP contribution in [0.1, 0.15) is 18.6 Å². The lowest BCUT2D eigenvalue weighted by Crippen LogP contribution is -2.36. The van der Waals surface area contributed by atoms with Gasteiger partial charge in [-0.05, 0) is 38.1 Å². The molecule has 0 saturated carbocycles. The van der Waals surface area contributed by atoms with Gasteiger partial charge in [0.1, 0.15) is 5.75 Å². The molecule has 0 aliphatic carbocycles. The number of carbonyl (C=O) groups is 1. The van der Waals surface area contributed by atoms with Gasteiger partial charge in [-0.25, -0.2) is 0 Å². The molecule has 1 aromatic carbocycles. The molecule has 3 aromatic heterocycles. The highest BCUT2D eigenvalue weighted by Crippen LogP contribution is 2.19. The van der Waals surface area contributed by atoms with Crippen molar-refractivity contribution in [3.05, 3.63) is 60.3 Å². The number of hydrogen-bond acceptors (Lipinski definition) is 7. The molecule has 1 atom stereocenters. The Bertz CT molecular complexity index is 1110. The van der Waals surface area contributed by atoms with E-state index in [2.05, 4.69) is 25.7 Å². The summed E-state index contributed by atoms with van der Waals surface area (Å²) in [6.07, 6.45) is 1.17. The van der Waals surface area contributed by atoms with Gasteiger partial charge < -0.3 is 14.6 Å². The van der Waals surface area contributed by atoms with Crippen LogP contribution in [0, 0.1) is 6.92 Å². The van der Waals surface area contributed by atoms with Gasteiger partial charge in [-0.2, -0.15) is 4.98 Å². The Balaban J connectivity index is 1.42. The molecule has 0 spiro atoms. The third-order valence-corrected chi connectivity index (χ3v) is 4.10. The molecule has 28 heavy (non-hydrogen) atoms. The maximum atomic E-state index is 12.3. The average Bonchev–Trinajstić information content (AvgIpc) is 3.32. The van der Waals surface area contributed by atoms with E-state index in [0.717, 1.165) is 5.56 Å². The van der Waals surface area contributed by atoms with Gasteiger partial charge in [0.05, 0.1) is 6.54 Å². The molecule has 0 bridgehead atoms. The van der Waals surface area contributed by atoms with Crippen molar-refractivity contribution in [2.75, 3.05) is 0 Å². The third-order valence-electron chi connectivity index (χ3n) is 4.10. The van der Waals surface area contributed by atoms with E-state index in [1.165, 1.54) is 0 Å². The van der Waals surface area contributed by atoms with Gasteiger partial charge in [0.2, 0.25) is 0 Å². The number of carbonyl (C=O) groups excluding carboxylic acids is 1. The zero-order valence-corrected chi connectivity index (χ0v) is 15.4. The number of pyridine rings is 1. The minimum Gasteiger partial charge on any atom is -0.481 e. The van der Waals surface area contributed by atoms with Crippen LogP contribution in [-0.4, -0.2) is 36.7 Å². The number of para-hydroxylation sites is 1. The second kappa shape index (κ2) is 7.47. The first-order chi connectivity index (χ1) is 13.6. The summed E-state index contributed by atoms with van der Waals surface area (Å²) in [4.78, 5) is 16.5. The fourth-order valence-electron chi connectivity index (χ4n) is 2.67. The summed E-state index contributed by atoms with van der Waals surface area (Å²) >= 11 is 0. The van der Waals surface area contributed by atoms with E-state index in [4.69, 9.17) is 9.26 Å². The monoisotopic (exact) mass is 378 g/mol. The van der Waals surface area contributed by atoms with E-state index in [1.807, 2.05) is 24.3 Å². The molecule has 0 aliphatic rings.